The van der Waals surface area contributed by atoms with Gasteiger partial charge < -0.3 is 18.7 Å². The van der Waals surface area contributed by atoms with Crippen molar-refractivity contribution in [2.75, 3.05) is 6.54 Å². The van der Waals surface area contributed by atoms with Crippen LogP contribution >= 0.6 is 0 Å². The van der Waals surface area contributed by atoms with Crippen LogP contribution in [0, 0.1) is 5.82 Å². The molecule has 4 aromatic heterocycles. The van der Waals surface area contributed by atoms with Crippen LogP contribution in [0.1, 0.15) is 51.6 Å². The van der Waals surface area contributed by atoms with Gasteiger partial charge in [0.15, 0.2) is 23.1 Å². The molecule has 0 saturated heterocycles. The summed E-state index contributed by atoms with van der Waals surface area (Å²) >= 11 is 0. The van der Waals surface area contributed by atoms with Crippen LogP contribution in [0.2, 0.25) is 0 Å². The van der Waals surface area contributed by atoms with Crippen LogP contribution in [0.15, 0.2) is 51.7 Å². The van der Waals surface area contributed by atoms with Crippen LogP contribution in [-0.2, 0) is 12.6 Å². The molecule has 6 rings (SSSR count). The summed E-state index contributed by atoms with van der Waals surface area (Å²) < 4.78 is 91.9. The van der Waals surface area contributed by atoms with E-state index in [-0.39, 0.29) is 35.6 Å². The lowest BCUT2D eigenvalue weighted by Crippen LogP contribution is -2.41. The van der Waals surface area contributed by atoms with Gasteiger partial charge in [-0.1, -0.05) is 6.07 Å². The summed E-state index contributed by atoms with van der Waals surface area (Å²) in [5.74, 6) is -3.24. The highest BCUT2D eigenvalue weighted by atomic mass is 19.4. The molecule has 0 fully saturated rings. The zero-order chi connectivity index (χ0) is 27.5. The second-order valence-corrected chi connectivity index (χ2v) is 8.52. The van der Waals surface area contributed by atoms with Crippen LogP contribution in [0.25, 0.3) is 22.7 Å². The van der Waals surface area contributed by atoms with Gasteiger partial charge in [-0.05, 0) is 24.3 Å². The number of nitrogens with zero attached hydrogens (tertiary/aromatic N) is 5. The second kappa shape index (κ2) is 8.96. The van der Waals surface area contributed by atoms with Crippen molar-refractivity contribution in [3.63, 3.8) is 0 Å². The minimum absolute atomic E-state index is 0.0167. The summed E-state index contributed by atoms with van der Waals surface area (Å²) in [7, 11) is 0. The molecule has 0 spiro atoms. The third-order valence-corrected chi connectivity index (χ3v) is 6.17. The third kappa shape index (κ3) is 4.19. The molecule has 1 aromatic carbocycles. The number of aromatic nitrogens is 5. The fourth-order valence-electron chi connectivity index (χ4n) is 4.36. The molecule has 1 N–H and O–H groups in total. The summed E-state index contributed by atoms with van der Waals surface area (Å²) in [6.07, 6.45) is -5.80. The Morgan fingerprint density at radius 2 is 1.92 bits per heavy atom. The lowest BCUT2D eigenvalue weighted by Gasteiger charge is -2.32. The number of carbonyl (C=O) groups excluding carboxylic acids is 1. The van der Waals surface area contributed by atoms with Crippen molar-refractivity contribution in [1.29, 1.82) is 0 Å². The van der Waals surface area contributed by atoms with E-state index >= 15 is 0 Å². The smallest absolute Gasteiger partial charge is 0.417 e. The van der Waals surface area contributed by atoms with Gasteiger partial charge in [-0.2, -0.15) is 13.2 Å². The first-order chi connectivity index (χ1) is 18.6. The summed E-state index contributed by atoms with van der Waals surface area (Å²) in [4.78, 5) is 33.5. The first-order valence-electron chi connectivity index (χ1n) is 11.3. The van der Waals surface area contributed by atoms with Crippen LogP contribution in [-0.4, -0.2) is 42.3 Å². The van der Waals surface area contributed by atoms with Gasteiger partial charge >= 0.3 is 6.18 Å². The molecule has 1 aliphatic rings. The molecule has 0 saturated carbocycles. The van der Waals surface area contributed by atoms with Gasteiger partial charge in [0, 0.05) is 24.9 Å². The summed E-state index contributed by atoms with van der Waals surface area (Å²) in [5, 5.41) is 0. The third-order valence-electron chi connectivity index (χ3n) is 6.17. The van der Waals surface area contributed by atoms with E-state index in [0.717, 1.165) is 11.0 Å². The van der Waals surface area contributed by atoms with Gasteiger partial charge in [0.1, 0.15) is 11.2 Å². The van der Waals surface area contributed by atoms with Crippen molar-refractivity contribution in [3.8, 4) is 11.6 Å². The van der Waals surface area contributed by atoms with Crippen molar-refractivity contribution in [1.82, 2.24) is 29.8 Å². The Morgan fingerprint density at radius 3 is 2.62 bits per heavy atom. The molecular formula is C24H14F6N6O3. The van der Waals surface area contributed by atoms with Crippen molar-refractivity contribution in [2.24, 2.45) is 0 Å². The number of rotatable bonds is 4. The minimum atomic E-state index is -4.67. The number of alkyl halides is 5. The summed E-state index contributed by atoms with van der Waals surface area (Å²) in [5.41, 5.74) is -1.42. The molecule has 200 valence electrons. The van der Waals surface area contributed by atoms with Crippen molar-refractivity contribution < 1.29 is 40.0 Å². The normalized spacial score (nSPS) is 15.8. The fourth-order valence-corrected chi connectivity index (χ4v) is 4.36. The maximum Gasteiger partial charge on any atom is 0.417 e. The number of aromatic amines is 1. The van der Waals surface area contributed by atoms with Crippen molar-refractivity contribution >= 4 is 17.0 Å². The standard InChI is InChI=1S/C24H14F6N6O3/c25-11-2-1-3-13-18(11)38-22(34-13)17-15-12(32-9-33-15)6-7-36(17)23(37)19-16(20(26)27)35-21(39-19)14-5-4-10(8-31-14)24(28,29)30/h1-5,8-9,17,20H,6-7H2,(H,32,33)/t17-/m0/s1. The van der Waals surface area contributed by atoms with Gasteiger partial charge in [-0.3, -0.25) is 9.78 Å². The number of H-pyrrole nitrogens is 1. The molecule has 1 atom stereocenters. The molecule has 39 heavy (non-hydrogen) atoms. The zero-order valence-corrected chi connectivity index (χ0v) is 19.3. The quantitative estimate of drug-likeness (QED) is 0.296. The second-order valence-electron chi connectivity index (χ2n) is 8.52. The molecule has 5 heterocycles. The number of carbonyl (C=O) groups is 1. The molecule has 15 heteroatoms. The summed E-state index contributed by atoms with van der Waals surface area (Å²) in [6, 6.07) is 4.53. The number of oxazole rings is 2. The number of pyridine rings is 1. The number of halogens is 6. The van der Waals surface area contributed by atoms with Crippen LogP contribution in [0.5, 0.6) is 0 Å². The lowest BCUT2D eigenvalue weighted by atomic mass is 10.0. The Balaban J connectivity index is 1.42. The van der Waals surface area contributed by atoms with E-state index in [2.05, 4.69) is 24.9 Å². The molecule has 1 amide bonds. The van der Waals surface area contributed by atoms with E-state index in [1.54, 1.807) is 0 Å². The van der Waals surface area contributed by atoms with E-state index in [1.165, 1.54) is 24.5 Å². The Bertz CT molecular complexity index is 1690. The molecule has 0 aliphatic carbocycles. The van der Waals surface area contributed by atoms with E-state index < -0.39 is 53.3 Å². The summed E-state index contributed by atoms with van der Waals surface area (Å²) in [6.45, 7) is -0.0167. The van der Waals surface area contributed by atoms with E-state index in [9.17, 15) is 31.1 Å². The Kier molecular flexibility index (Phi) is 5.66. The predicted octanol–water partition coefficient (Wildman–Crippen LogP) is 5.48. The van der Waals surface area contributed by atoms with Gasteiger partial charge in [-0.25, -0.2) is 28.1 Å². The number of para-hydroxylation sites is 1. The highest BCUT2D eigenvalue weighted by molar-refractivity contribution is 5.93. The van der Waals surface area contributed by atoms with Crippen molar-refractivity contribution in [2.45, 2.75) is 25.1 Å². The molecule has 0 bridgehead atoms. The van der Waals surface area contributed by atoms with E-state index in [1.807, 2.05) is 0 Å². The first-order valence-corrected chi connectivity index (χ1v) is 11.3. The number of fused-ring (bicyclic) bond motifs is 2. The Labute approximate surface area is 213 Å². The maximum absolute atomic E-state index is 14.3. The monoisotopic (exact) mass is 548 g/mol. The molecule has 0 unspecified atom stereocenters. The first kappa shape index (κ1) is 24.6. The lowest BCUT2D eigenvalue weighted by molar-refractivity contribution is -0.137. The van der Waals surface area contributed by atoms with Crippen molar-refractivity contribution in [3.05, 3.63) is 83.0 Å². The molecule has 0 radical (unpaired) electrons. The average Bonchev–Trinajstić information content (AvgIpc) is 3.65. The zero-order valence-electron chi connectivity index (χ0n) is 19.3. The Morgan fingerprint density at radius 1 is 1.10 bits per heavy atom. The van der Waals surface area contributed by atoms with Gasteiger partial charge in [0.2, 0.25) is 17.5 Å². The number of hydrogen-bond donors (Lipinski definition) is 1. The minimum Gasteiger partial charge on any atom is -0.435 e. The molecule has 1 aliphatic heterocycles. The highest BCUT2D eigenvalue weighted by Crippen LogP contribution is 2.38. The number of hydrogen-bond acceptors (Lipinski definition) is 7. The fraction of sp³-hybridized carbons (Fsp3) is 0.208. The molecule has 5 aromatic rings. The van der Waals surface area contributed by atoms with Gasteiger partial charge in [0.25, 0.3) is 12.3 Å². The SMILES string of the molecule is O=C(c1oc(-c2ccc(C(F)(F)F)cn2)nc1C(F)F)N1CCc2[nH]cnc2[C@H]1c1nc2cccc(F)c2o1. The van der Waals surface area contributed by atoms with E-state index in [4.69, 9.17) is 8.83 Å². The molecule has 9 nitrogen and oxygen atoms in total. The maximum atomic E-state index is 14.3. The van der Waals surface area contributed by atoms with E-state index in [0.29, 0.717) is 23.7 Å². The van der Waals surface area contributed by atoms with Crippen LogP contribution in [0.4, 0.5) is 26.3 Å². The number of benzene rings is 1. The number of imidazole rings is 1. The predicted molar refractivity (Wildman–Crippen MR) is 119 cm³/mol. The average molecular weight is 548 g/mol. The number of amides is 1. The number of nitrogens with one attached hydrogen (secondary N) is 1. The topological polar surface area (TPSA) is 114 Å². The Hall–Kier alpha value is -4.69. The highest BCUT2D eigenvalue weighted by Gasteiger charge is 2.41. The van der Waals surface area contributed by atoms with Crippen LogP contribution < -0.4 is 0 Å². The molecular weight excluding hydrogens is 534 g/mol. The van der Waals surface area contributed by atoms with Crippen LogP contribution in [0.3, 0.4) is 0 Å². The van der Waals surface area contributed by atoms with Gasteiger partial charge in [0.05, 0.1) is 17.6 Å². The van der Waals surface area contributed by atoms with Gasteiger partial charge in [-0.15, -0.1) is 0 Å². The largest absolute Gasteiger partial charge is 0.435 e.